The number of carbonyl (C=O) groups excluding carboxylic acids is 2. The molecule has 0 spiro atoms. The number of ether oxygens (including phenoxy) is 1. The molecule has 4 rings (SSSR count). The number of rotatable bonds is 7. The second-order valence-electron chi connectivity index (χ2n) is 7.28. The molecule has 1 amide bonds. The maximum Gasteiger partial charge on any atom is 0.420 e. The number of amides is 1. The van der Waals surface area contributed by atoms with E-state index in [1.807, 2.05) is 0 Å². The zero-order valence-electron chi connectivity index (χ0n) is 17.3. The Morgan fingerprint density at radius 1 is 1.12 bits per heavy atom. The zero-order valence-corrected chi connectivity index (χ0v) is 18.1. The second kappa shape index (κ2) is 8.60. The van der Waals surface area contributed by atoms with Crippen molar-refractivity contribution >= 4 is 33.3 Å². The number of oxazole rings is 1. The van der Waals surface area contributed by atoms with Gasteiger partial charge in [-0.3, -0.25) is 14.2 Å². The third kappa shape index (κ3) is 4.04. The first kappa shape index (κ1) is 21.8. The lowest BCUT2D eigenvalue weighted by molar-refractivity contribution is -0.119. The van der Waals surface area contributed by atoms with Gasteiger partial charge in [0.05, 0.1) is 24.1 Å². The molecule has 11 heteroatoms. The Labute approximate surface area is 183 Å². The Bertz CT molecular complexity index is 1330. The van der Waals surface area contributed by atoms with Gasteiger partial charge in [-0.15, -0.1) is 0 Å². The van der Waals surface area contributed by atoms with E-state index in [1.54, 1.807) is 24.3 Å². The molecule has 1 fully saturated rings. The molecular weight excluding hydrogens is 438 g/mol. The Hall–Kier alpha value is -3.44. The van der Waals surface area contributed by atoms with E-state index in [4.69, 9.17) is 9.15 Å². The summed E-state index contributed by atoms with van der Waals surface area (Å²) in [5.74, 6) is -0.562. The van der Waals surface area contributed by atoms with Crippen molar-refractivity contribution in [3.8, 4) is 5.75 Å². The molecule has 0 aliphatic carbocycles. The maximum absolute atomic E-state index is 13.0. The molecule has 32 heavy (non-hydrogen) atoms. The molecule has 0 radical (unpaired) electrons. The molecule has 2 heterocycles. The van der Waals surface area contributed by atoms with Crippen molar-refractivity contribution in [1.82, 2.24) is 13.8 Å². The van der Waals surface area contributed by atoms with Crippen molar-refractivity contribution in [2.45, 2.75) is 11.4 Å². The van der Waals surface area contributed by atoms with Gasteiger partial charge in [-0.05, 0) is 24.3 Å². The third-order valence-electron chi connectivity index (χ3n) is 5.39. The summed E-state index contributed by atoms with van der Waals surface area (Å²) < 4.78 is 38.7. The van der Waals surface area contributed by atoms with Gasteiger partial charge in [-0.1, -0.05) is 12.1 Å². The summed E-state index contributed by atoms with van der Waals surface area (Å²) in [4.78, 5) is 37.4. The van der Waals surface area contributed by atoms with E-state index in [1.165, 1.54) is 34.5 Å². The molecule has 1 aliphatic rings. The van der Waals surface area contributed by atoms with Crippen molar-refractivity contribution in [2.24, 2.45) is 0 Å². The van der Waals surface area contributed by atoms with Gasteiger partial charge in [0, 0.05) is 37.8 Å². The number of aromatic nitrogens is 1. The second-order valence-corrected chi connectivity index (χ2v) is 9.22. The van der Waals surface area contributed by atoms with Crippen molar-refractivity contribution in [2.75, 3.05) is 33.3 Å². The van der Waals surface area contributed by atoms with Crippen molar-refractivity contribution < 1.29 is 27.2 Å². The molecule has 1 aliphatic heterocycles. The van der Waals surface area contributed by atoms with Crippen LogP contribution in [0, 0.1) is 0 Å². The molecular formula is C21H21N3O7S. The first-order chi connectivity index (χ1) is 15.3. The topological polar surface area (TPSA) is 119 Å². The summed E-state index contributed by atoms with van der Waals surface area (Å²) in [7, 11) is -2.33. The normalized spacial score (nSPS) is 15.1. The van der Waals surface area contributed by atoms with E-state index in [0.29, 0.717) is 36.3 Å². The lowest BCUT2D eigenvalue weighted by atomic mass is 10.1. The number of hydrogen-bond acceptors (Lipinski definition) is 7. The minimum atomic E-state index is -3.82. The number of Topliss-reactive ketones (excluding diaryl/α,β-unsaturated/α-hetero) is 1. The number of benzene rings is 2. The third-order valence-corrected chi connectivity index (χ3v) is 7.29. The average molecular weight is 459 g/mol. The summed E-state index contributed by atoms with van der Waals surface area (Å²) in [5, 5.41) is 0. The number of carbonyl (C=O) groups is 2. The largest absolute Gasteiger partial charge is 0.497 e. The molecule has 0 saturated carbocycles. The molecule has 0 N–H and O–H groups in total. The average Bonchev–Trinajstić information content (AvgIpc) is 3.13. The maximum atomic E-state index is 13.0. The van der Waals surface area contributed by atoms with Crippen LogP contribution in [0.2, 0.25) is 0 Å². The smallest absolute Gasteiger partial charge is 0.420 e. The van der Waals surface area contributed by atoms with Crippen LogP contribution < -0.4 is 10.5 Å². The van der Waals surface area contributed by atoms with Gasteiger partial charge in [0.15, 0.2) is 11.4 Å². The van der Waals surface area contributed by atoms with Crippen LogP contribution in [0.4, 0.5) is 0 Å². The Morgan fingerprint density at radius 3 is 2.56 bits per heavy atom. The van der Waals surface area contributed by atoms with E-state index in [2.05, 4.69) is 0 Å². The molecule has 0 bridgehead atoms. The van der Waals surface area contributed by atoms with Gasteiger partial charge in [0.1, 0.15) is 5.75 Å². The van der Waals surface area contributed by atoms with Crippen LogP contribution in [-0.4, -0.2) is 67.7 Å². The number of nitrogens with zero attached hydrogens (tertiary/aromatic N) is 3. The molecule has 3 aromatic rings. The van der Waals surface area contributed by atoms with E-state index in [-0.39, 0.29) is 35.9 Å². The van der Waals surface area contributed by atoms with Crippen LogP contribution in [0.25, 0.3) is 11.1 Å². The molecule has 10 nitrogen and oxygen atoms in total. The van der Waals surface area contributed by atoms with Crippen LogP contribution in [0.5, 0.6) is 5.75 Å². The van der Waals surface area contributed by atoms with E-state index >= 15 is 0 Å². The van der Waals surface area contributed by atoms with Gasteiger partial charge in [0.2, 0.25) is 16.4 Å². The summed E-state index contributed by atoms with van der Waals surface area (Å²) in [5.41, 5.74) is 0.760. The molecule has 0 unspecified atom stereocenters. The van der Waals surface area contributed by atoms with Crippen LogP contribution in [0.1, 0.15) is 10.4 Å². The minimum Gasteiger partial charge on any atom is -0.497 e. The number of fused-ring (bicyclic) bond motifs is 1. The fraction of sp³-hybridized carbons (Fsp3) is 0.286. The van der Waals surface area contributed by atoms with Crippen molar-refractivity contribution in [1.29, 1.82) is 0 Å². The highest BCUT2D eigenvalue weighted by Gasteiger charge is 2.29. The van der Waals surface area contributed by atoms with Gasteiger partial charge < -0.3 is 14.1 Å². The number of ketones is 1. The minimum absolute atomic E-state index is 0.0235. The summed E-state index contributed by atoms with van der Waals surface area (Å²) in [6.07, 6.45) is 0.695. The number of piperazine rings is 1. The monoisotopic (exact) mass is 459 g/mol. The molecule has 168 valence electrons. The summed E-state index contributed by atoms with van der Waals surface area (Å²) in [6.45, 7) is 0.711. The fourth-order valence-electron chi connectivity index (χ4n) is 3.59. The highest BCUT2D eigenvalue weighted by molar-refractivity contribution is 7.89. The Morgan fingerprint density at radius 2 is 1.88 bits per heavy atom. The van der Waals surface area contributed by atoms with Crippen LogP contribution in [-0.2, 0) is 21.4 Å². The van der Waals surface area contributed by atoms with Crippen LogP contribution >= 0.6 is 0 Å². The van der Waals surface area contributed by atoms with Gasteiger partial charge in [-0.25, -0.2) is 13.2 Å². The van der Waals surface area contributed by atoms with E-state index in [9.17, 15) is 22.8 Å². The molecule has 2 aromatic carbocycles. The highest BCUT2D eigenvalue weighted by atomic mass is 32.2. The molecule has 1 saturated heterocycles. The number of hydrogen-bond donors (Lipinski definition) is 0. The van der Waals surface area contributed by atoms with E-state index in [0.717, 1.165) is 4.57 Å². The quantitative estimate of drug-likeness (QED) is 0.381. The van der Waals surface area contributed by atoms with Crippen molar-refractivity contribution in [3.05, 3.63) is 58.6 Å². The van der Waals surface area contributed by atoms with Gasteiger partial charge in [0.25, 0.3) is 0 Å². The lowest BCUT2D eigenvalue weighted by Gasteiger charge is -2.31. The van der Waals surface area contributed by atoms with E-state index < -0.39 is 15.8 Å². The highest BCUT2D eigenvalue weighted by Crippen LogP contribution is 2.23. The Kier molecular flexibility index (Phi) is 5.85. The van der Waals surface area contributed by atoms with Crippen molar-refractivity contribution in [3.63, 3.8) is 0 Å². The lowest BCUT2D eigenvalue weighted by Crippen LogP contribution is -2.47. The zero-order chi connectivity index (χ0) is 22.9. The van der Waals surface area contributed by atoms with Gasteiger partial charge in [-0.2, -0.15) is 4.31 Å². The fourth-order valence-corrected chi connectivity index (χ4v) is 5.02. The predicted molar refractivity (Wildman–Crippen MR) is 114 cm³/mol. The number of methoxy groups -OCH3 is 1. The number of sulfonamides is 1. The SMILES string of the molecule is COc1cccc(C(=O)Cn2c(=O)oc3cc(S(=O)(=O)N4CCN(C=O)CC4)ccc32)c1. The first-order valence-electron chi connectivity index (χ1n) is 9.83. The summed E-state index contributed by atoms with van der Waals surface area (Å²) >= 11 is 0. The molecule has 1 aromatic heterocycles. The predicted octanol–water partition coefficient (Wildman–Crippen LogP) is 0.949. The van der Waals surface area contributed by atoms with Gasteiger partial charge >= 0.3 is 5.76 Å². The Balaban J connectivity index is 1.61. The first-order valence-corrected chi connectivity index (χ1v) is 11.3. The molecule has 0 atom stereocenters. The standard InChI is InChI=1S/C21H21N3O7S/c1-30-16-4-2-3-15(11-16)19(26)13-24-18-6-5-17(12-20(18)31-21(24)27)32(28,29)23-9-7-22(14-25)8-10-23/h2-6,11-12,14H,7-10,13H2,1H3. The van der Waals surface area contributed by atoms with Crippen LogP contribution in [0.3, 0.4) is 0 Å². The van der Waals surface area contributed by atoms with Crippen LogP contribution in [0.15, 0.2) is 56.6 Å². The summed E-state index contributed by atoms with van der Waals surface area (Å²) in [6, 6.07) is 10.7.